The summed E-state index contributed by atoms with van der Waals surface area (Å²) >= 11 is 0. The fourth-order valence-electron chi connectivity index (χ4n) is 3.20. The van der Waals surface area contributed by atoms with Crippen LogP contribution in [-0.2, 0) is 9.59 Å². The summed E-state index contributed by atoms with van der Waals surface area (Å²) in [6, 6.07) is 4.94. The molecule has 0 spiro atoms. The van der Waals surface area contributed by atoms with Gasteiger partial charge in [-0.2, -0.15) is 0 Å². The second-order valence-electron chi connectivity index (χ2n) is 7.78. The first-order valence-corrected chi connectivity index (χ1v) is 10.9. The Hall–Kier alpha value is -3.55. The fraction of sp³-hybridized carbons (Fsp3) is 0.400. The maximum Gasteiger partial charge on any atom is 0.251 e. The third-order valence-electron chi connectivity index (χ3n) is 5.28. The summed E-state index contributed by atoms with van der Waals surface area (Å²) in [5, 5.41) is 14.4. The first-order chi connectivity index (χ1) is 15.6. The highest BCUT2D eigenvalue weighted by Gasteiger charge is 2.17. The molecule has 0 aromatic heterocycles. The minimum absolute atomic E-state index is 0.0565. The van der Waals surface area contributed by atoms with Gasteiger partial charge < -0.3 is 26.6 Å². The van der Waals surface area contributed by atoms with Gasteiger partial charge in [-0.25, -0.2) is 0 Å². The number of rotatable bonds is 14. The van der Waals surface area contributed by atoms with Crippen molar-refractivity contribution in [1.29, 1.82) is 0 Å². The summed E-state index contributed by atoms with van der Waals surface area (Å²) in [5.74, 6) is -0.408. The number of hydrogen-bond acceptors (Lipinski definition) is 5. The molecule has 5 N–H and O–H groups in total. The van der Waals surface area contributed by atoms with Gasteiger partial charge in [-0.3, -0.25) is 14.4 Å². The molecule has 1 aromatic rings. The molecule has 0 aliphatic rings. The van der Waals surface area contributed by atoms with Gasteiger partial charge in [0.25, 0.3) is 5.91 Å². The molecule has 0 saturated heterocycles. The second-order valence-corrected chi connectivity index (χ2v) is 7.78. The average Bonchev–Trinajstić information content (AvgIpc) is 2.82. The van der Waals surface area contributed by atoms with E-state index in [-0.39, 0.29) is 29.8 Å². The highest BCUT2D eigenvalue weighted by molar-refractivity contribution is 5.95. The summed E-state index contributed by atoms with van der Waals surface area (Å²) in [7, 11) is 4.95. The van der Waals surface area contributed by atoms with Gasteiger partial charge in [0, 0.05) is 57.0 Å². The van der Waals surface area contributed by atoms with Crippen molar-refractivity contribution in [3.8, 4) is 0 Å². The number of nitrogens with one attached hydrogen (secondary N) is 5. The molecule has 0 fully saturated rings. The van der Waals surface area contributed by atoms with E-state index in [9.17, 15) is 14.4 Å². The van der Waals surface area contributed by atoms with Crippen LogP contribution in [0, 0.1) is 6.92 Å². The SMILES string of the molecule is C=CC(CCC(=O)NC)NC(=O)c1cc(C)cc(C(=C)NC(CCC(=O)NC)C(=C)NC)c1. The van der Waals surface area contributed by atoms with E-state index < -0.39 is 0 Å². The van der Waals surface area contributed by atoms with Crippen molar-refractivity contribution in [3.63, 3.8) is 0 Å². The van der Waals surface area contributed by atoms with Crippen LogP contribution in [0.25, 0.3) is 5.70 Å². The molecule has 8 nitrogen and oxygen atoms in total. The zero-order valence-corrected chi connectivity index (χ0v) is 20.1. The van der Waals surface area contributed by atoms with Gasteiger partial charge in [0.15, 0.2) is 0 Å². The highest BCUT2D eigenvalue weighted by Crippen LogP contribution is 2.18. The highest BCUT2D eigenvalue weighted by atomic mass is 16.2. The maximum atomic E-state index is 12.9. The minimum atomic E-state index is -0.326. The van der Waals surface area contributed by atoms with Crippen LogP contribution in [0.5, 0.6) is 0 Å². The van der Waals surface area contributed by atoms with Gasteiger partial charge in [-0.1, -0.05) is 19.2 Å². The maximum absolute atomic E-state index is 12.9. The molecule has 0 saturated carbocycles. The Balaban J connectivity index is 2.96. The second kappa shape index (κ2) is 13.8. The lowest BCUT2D eigenvalue weighted by molar-refractivity contribution is -0.121. The molecular weight excluding hydrogens is 418 g/mol. The lowest BCUT2D eigenvalue weighted by Gasteiger charge is -2.24. The van der Waals surface area contributed by atoms with Gasteiger partial charge >= 0.3 is 0 Å². The Morgan fingerprint density at radius 2 is 1.45 bits per heavy atom. The molecule has 0 heterocycles. The monoisotopic (exact) mass is 455 g/mol. The number of likely N-dealkylation sites (N-methyl/N-ethyl adjacent to an activating group) is 1. The molecule has 0 aliphatic carbocycles. The van der Waals surface area contributed by atoms with E-state index in [1.807, 2.05) is 13.0 Å². The van der Waals surface area contributed by atoms with Gasteiger partial charge in [0.1, 0.15) is 0 Å². The Morgan fingerprint density at radius 3 is 2.00 bits per heavy atom. The third kappa shape index (κ3) is 9.22. The molecule has 1 aromatic carbocycles. The molecule has 0 bridgehead atoms. The van der Waals surface area contributed by atoms with Gasteiger partial charge in [-0.05, 0) is 49.1 Å². The van der Waals surface area contributed by atoms with E-state index in [1.165, 1.54) is 0 Å². The minimum Gasteiger partial charge on any atom is -0.390 e. The number of carbonyl (C=O) groups is 3. The van der Waals surface area contributed by atoms with Crippen molar-refractivity contribution in [2.24, 2.45) is 0 Å². The zero-order chi connectivity index (χ0) is 25.0. The Bertz CT molecular complexity index is 894. The van der Waals surface area contributed by atoms with Crippen molar-refractivity contribution in [2.75, 3.05) is 21.1 Å². The predicted octanol–water partition coefficient (Wildman–Crippen LogP) is 1.99. The molecular formula is C25H37N5O3. The third-order valence-corrected chi connectivity index (χ3v) is 5.28. The van der Waals surface area contributed by atoms with E-state index in [2.05, 4.69) is 46.3 Å². The number of benzene rings is 1. The molecule has 3 amide bonds. The van der Waals surface area contributed by atoms with Crippen LogP contribution in [0.3, 0.4) is 0 Å². The standard InChI is InChI=1S/C25H37N5O3/c1-8-21(9-11-23(31)27-6)30-25(33)20-14-16(2)13-19(15-20)17(3)29-22(18(4)26-5)10-12-24(32)28-7/h8,13-15,21-22,26,29H,1,3-4,9-12H2,2,5-7H3,(H,27,31)(H,28,32)(H,30,33). The summed E-state index contributed by atoms with van der Waals surface area (Å²) in [6.45, 7) is 13.8. The molecule has 8 heteroatoms. The summed E-state index contributed by atoms with van der Waals surface area (Å²) in [4.78, 5) is 36.0. The fourth-order valence-corrected chi connectivity index (χ4v) is 3.20. The van der Waals surface area contributed by atoms with Crippen LogP contribution in [0.1, 0.15) is 47.2 Å². The molecule has 0 aliphatic heterocycles. The van der Waals surface area contributed by atoms with Crippen LogP contribution in [-0.4, -0.2) is 50.9 Å². The first-order valence-electron chi connectivity index (χ1n) is 10.9. The zero-order valence-electron chi connectivity index (χ0n) is 20.1. The number of carbonyl (C=O) groups excluding carboxylic acids is 3. The van der Waals surface area contributed by atoms with Crippen molar-refractivity contribution < 1.29 is 14.4 Å². The van der Waals surface area contributed by atoms with Gasteiger partial charge in [0.2, 0.25) is 11.8 Å². The van der Waals surface area contributed by atoms with Crippen molar-refractivity contribution >= 4 is 23.4 Å². The molecule has 2 unspecified atom stereocenters. The average molecular weight is 456 g/mol. The van der Waals surface area contributed by atoms with Crippen LogP contribution in [0.4, 0.5) is 0 Å². The number of hydrogen-bond donors (Lipinski definition) is 5. The summed E-state index contributed by atoms with van der Waals surface area (Å²) < 4.78 is 0. The van der Waals surface area contributed by atoms with Crippen molar-refractivity contribution in [2.45, 2.75) is 44.7 Å². The van der Waals surface area contributed by atoms with Crippen LogP contribution in [0.2, 0.25) is 0 Å². The predicted molar refractivity (Wildman–Crippen MR) is 133 cm³/mol. The van der Waals surface area contributed by atoms with Crippen LogP contribution >= 0.6 is 0 Å². The van der Waals surface area contributed by atoms with E-state index in [0.717, 1.165) is 16.8 Å². The largest absolute Gasteiger partial charge is 0.390 e. The lowest BCUT2D eigenvalue weighted by Crippen LogP contribution is -2.35. The van der Waals surface area contributed by atoms with E-state index in [4.69, 9.17) is 0 Å². The molecule has 1 rings (SSSR count). The normalized spacial score (nSPS) is 12.0. The van der Waals surface area contributed by atoms with Crippen molar-refractivity contribution in [3.05, 3.63) is 66.4 Å². The lowest BCUT2D eigenvalue weighted by atomic mass is 10.0. The van der Waals surface area contributed by atoms with E-state index in [1.54, 1.807) is 39.4 Å². The number of amides is 3. The smallest absolute Gasteiger partial charge is 0.251 e. The topological polar surface area (TPSA) is 111 Å². The van der Waals surface area contributed by atoms with Crippen LogP contribution in [0.15, 0.2) is 49.7 Å². The van der Waals surface area contributed by atoms with Gasteiger partial charge in [0.05, 0.1) is 6.04 Å². The van der Waals surface area contributed by atoms with E-state index in [0.29, 0.717) is 36.9 Å². The summed E-state index contributed by atoms with van der Waals surface area (Å²) in [6.07, 6.45) is 3.24. The quantitative estimate of drug-likeness (QED) is 0.276. The first kappa shape index (κ1) is 27.5. The molecule has 33 heavy (non-hydrogen) atoms. The molecule has 0 radical (unpaired) electrons. The Morgan fingerprint density at radius 1 is 0.879 bits per heavy atom. The molecule has 180 valence electrons. The Labute approximate surface area is 197 Å². The van der Waals surface area contributed by atoms with Gasteiger partial charge in [-0.15, -0.1) is 6.58 Å². The van der Waals surface area contributed by atoms with E-state index >= 15 is 0 Å². The summed E-state index contributed by atoms with van der Waals surface area (Å²) in [5.41, 5.74) is 3.49. The number of aryl methyl sites for hydroxylation is 1. The Kier molecular flexibility index (Phi) is 11.5. The van der Waals surface area contributed by atoms with Crippen LogP contribution < -0.4 is 26.6 Å². The molecule has 2 atom stereocenters. The van der Waals surface area contributed by atoms with Crippen molar-refractivity contribution in [1.82, 2.24) is 26.6 Å².